The van der Waals surface area contributed by atoms with Crippen molar-refractivity contribution in [2.45, 2.75) is 37.4 Å². The zero-order chi connectivity index (χ0) is 13.6. The second-order valence-corrected chi connectivity index (χ2v) is 5.37. The van der Waals surface area contributed by atoms with Gasteiger partial charge in [-0.15, -0.1) is 0 Å². The fourth-order valence-corrected chi connectivity index (χ4v) is 2.81. The number of hydrogen-bond donors (Lipinski definition) is 3. The highest BCUT2D eigenvalue weighted by Gasteiger charge is 2.60. The molecule has 7 heteroatoms. The lowest BCUT2D eigenvalue weighted by molar-refractivity contribution is -0.150. The third-order valence-electron chi connectivity index (χ3n) is 4.05. The summed E-state index contributed by atoms with van der Waals surface area (Å²) in [6, 6.07) is 0. The van der Waals surface area contributed by atoms with Crippen LogP contribution in [0.3, 0.4) is 0 Å². The van der Waals surface area contributed by atoms with Gasteiger partial charge in [-0.1, -0.05) is 0 Å². The summed E-state index contributed by atoms with van der Waals surface area (Å²) >= 11 is 0. The minimum Gasteiger partial charge on any atom is -0.479 e. The molecular weight excluding hydrogens is 245 g/mol. The summed E-state index contributed by atoms with van der Waals surface area (Å²) < 4.78 is 13.5. The lowest BCUT2D eigenvalue weighted by atomic mass is 9.83. The Kier molecular flexibility index (Phi) is 2.96. The van der Waals surface area contributed by atoms with Gasteiger partial charge in [0, 0.05) is 13.0 Å². The summed E-state index contributed by atoms with van der Waals surface area (Å²) in [5.74, 6) is -1.33. The first kappa shape index (κ1) is 13.1. The van der Waals surface area contributed by atoms with Crippen molar-refractivity contribution in [1.29, 1.82) is 0 Å². The average Bonchev–Trinajstić information content (AvgIpc) is 2.96. The molecule has 2 aliphatic rings. The fraction of sp³-hybridized carbons (Fsp3) is 0.818. The predicted octanol–water partition coefficient (Wildman–Crippen LogP) is 0.694. The van der Waals surface area contributed by atoms with Gasteiger partial charge < -0.3 is 15.3 Å². The fourth-order valence-electron chi connectivity index (χ4n) is 2.81. The molecule has 1 aliphatic heterocycles. The van der Waals surface area contributed by atoms with Crippen molar-refractivity contribution in [3.8, 4) is 0 Å². The molecule has 0 radical (unpaired) electrons. The molecular formula is C11H16FNO5. The Balaban J connectivity index is 2.30. The minimum atomic E-state index is -1.73. The third-order valence-corrected chi connectivity index (χ3v) is 4.05. The summed E-state index contributed by atoms with van der Waals surface area (Å²) in [7, 11) is 0. The van der Waals surface area contributed by atoms with Crippen LogP contribution in [0.4, 0.5) is 9.18 Å². The number of aliphatic carboxylic acids is 1. The second kappa shape index (κ2) is 4.08. The van der Waals surface area contributed by atoms with E-state index in [0.29, 0.717) is 17.7 Å². The molecule has 3 N–H and O–H groups in total. The van der Waals surface area contributed by atoms with E-state index in [1.807, 2.05) is 0 Å². The molecule has 2 atom stereocenters. The van der Waals surface area contributed by atoms with Crippen LogP contribution in [0.5, 0.6) is 0 Å². The summed E-state index contributed by atoms with van der Waals surface area (Å²) in [5.41, 5.74) is -2.28. The summed E-state index contributed by atoms with van der Waals surface area (Å²) in [4.78, 5) is 23.2. The number of carboxylic acids is 1. The number of halogens is 1. The van der Waals surface area contributed by atoms with Gasteiger partial charge in [0.15, 0.2) is 0 Å². The molecule has 0 spiro atoms. The minimum absolute atomic E-state index is 0.0153. The van der Waals surface area contributed by atoms with Gasteiger partial charge >= 0.3 is 12.1 Å². The van der Waals surface area contributed by atoms with Crippen LogP contribution in [0.15, 0.2) is 0 Å². The number of likely N-dealkylation sites (tertiary alicyclic amines) is 1. The highest BCUT2D eigenvalue weighted by atomic mass is 19.1. The van der Waals surface area contributed by atoms with Crippen LogP contribution >= 0.6 is 0 Å². The van der Waals surface area contributed by atoms with E-state index in [-0.39, 0.29) is 19.4 Å². The summed E-state index contributed by atoms with van der Waals surface area (Å²) in [6.45, 7) is -0.602. The number of alkyl halides is 1. The highest BCUT2D eigenvalue weighted by Crippen LogP contribution is 2.54. The SMILES string of the molecule is O=C(O)N1C[C@H](F)C[C@]1(CC1(CO)CC1)C(=O)O. The average molecular weight is 261 g/mol. The first-order valence-electron chi connectivity index (χ1n) is 5.84. The van der Waals surface area contributed by atoms with Crippen molar-refractivity contribution in [2.24, 2.45) is 5.41 Å². The zero-order valence-corrected chi connectivity index (χ0v) is 9.80. The molecule has 1 aliphatic carbocycles. The van der Waals surface area contributed by atoms with E-state index in [2.05, 4.69) is 0 Å². The van der Waals surface area contributed by atoms with Gasteiger partial charge in [-0.05, 0) is 24.7 Å². The maximum Gasteiger partial charge on any atom is 0.408 e. The Labute approximate surface area is 103 Å². The van der Waals surface area contributed by atoms with Crippen LogP contribution in [-0.2, 0) is 4.79 Å². The number of rotatable bonds is 4. The van der Waals surface area contributed by atoms with E-state index in [1.165, 1.54) is 0 Å². The number of carbonyl (C=O) groups is 2. The molecule has 102 valence electrons. The van der Waals surface area contributed by atoms with Crippen LogP contribution in [0, 0.1) is 5.41 Å². The van der Waals surface area contributed by atoms with Crippen molar-refractivity contribution in [3.63, 3.8) is 0 Å². The number of aliphatic hydroxyl groups is 1. The maximum absolute atomic E-state index is 13.5. The smallest absolute Gasteiger partial charge is 0.408 e. The number of amides is 1. The van der Waals surface area contributed by atoms with Crippen LogP contribution in [-0.4, -0.2) is 57.1 Å². The summed E-state index contributed by atoms with van der Waals surface area (Å²) in [6.07, 6.45) is -1.93. The molecule has 0 bridgehead atoms. The van der Waals surface area contributed by atoms with Gasteiger partial charge in [-0.25, -0.2) is 14.0 Å². The molecule has 6 nitrogen and oxygen atoms in total. The van der Waals surface area contributed by atoms with E-state index in [0.717, 1.165) is 0 Å². The van der Waals surface area contributed by atoms with E-state index in [1.54, 1.807) is 0 Å². The predicted molar refractivity (Wildman–Crippen MR) is 58.0 cm³/mol. The van der Waals surface area contributed by atoms with Crippen molar-refractivity contribution in [2.75, 3.05) is 13.2 Å². The molecule has 0 aromatic rings. The van der Waals surface area contributed by atoms with Gasteiger partial charge in [0.05, 0.1) is 6.54 Å². The lowest BCUT2D eigenvalue weighted by Crippen LogP contribution is -2.54. The molecule has 1 saturated heterocycles. The van der Waals surface area contributed by atoms with Gasteiger partial charge in [0.1, 0.15) is 11.7 Å². The molecule has 1 amide bonds. The molecule has 0 unspecified atom stereocenters. The maximum atomic E-state index is 13.5. The quantitative estimate of drug-likeness (QED) is 0.691. The molecule has 1 saturated carbocycles. The number of carboxylic acid groups (broad SMARTS) is 2. The van der Waals surface area contributed by atoms with E-state index >= 15 is 0 Å². The largest absolute Gasteiger partial charge is 0.479 e. The van der Waals surface area contributed by atoms with Crippen molar-refractivity contribution >= 4 is 12.1 Å². The molecule has 1 heterocycles. The van der Waals surface area contributed by atoms with E-state index in [4.69, 9.17) is 5.11 Å². The number of aliphatic hydroxyl groups excluding tert-OH is 1. The van der Waals surface area contributed by atoms with Crippen LogP contribution in [0.1, 0.15) is 25.7 Å². The summed E-state index contributed by atoms with van der Waals surface area (Å²) in [5, 5.41) is 27.6. The lowest BCUT2D eigenvalue weighted by Gasteiger charge is -2.35. The Morgan fingerprint density at radius 2 is 1.94 bits per heavy atom. The second-order valence-electron chi connectivity index (χ2n) is 5.37. The molecule has 0 aromatic heterocycles. The van der Waals surface area contributed by atoms with Crippen LogP contribution < -0.4 is 0 Å². The Bertz CT molecular complexity index is 384. The third kappa shape index (κ3) is 1.92. The normalized spacial score (nSPS) is 33.4. The first-order valence-corrected chi connectivity index (χ1v) is 5.84. The van der Waals surface area contributed by atoms with E-state index < -0.39 is 35.7 Å². The number of nitrogens with zero attached hydrogens (tertiary/aromatic N) is 1. The van der Waals surface area contributed by atoms with Gasteiger partial charge in [0.2, 0.25) is 0 Å². The van der Waals surface area contributed by atoms with Crippen molar-refractivity contribution in [3.05, 3.63) is 0 Å². The van der Waals surface area contributed by atoms with Crippen molar-refractivity contribution < 1.29 is 29.3 Å². The zero-order valence-electron chi connectivity index (χ0n) is 9.80. The van der Waals surface area contributed by atoms with Crippen LogP contribution in [0.2, 0.25) is 0 Å². The van der Waals surface area contributed by atoms with E-state index in [9.17, 15) is 24.2 Å². The van der Waals surface area contributed by atoms with Gasteiger partial charge in [0.25, 0.3) is 0 Å². The van der Waals surface area contributed by atoms with Crippen LogP contribution in [0.25, 0.3) is 0 Å². The molecule has 2 rings (SSSR count). The monoisotopic (exact) mass is 261 g/mol. The first-order chi connectivity index (χ1) is 8.35. The Hall–Kier alpha value is -1.37. The Morgan fingerprint density at radius 3 is 2.33 bits per heavy atom. The Morgan fingerprint density at radius 1 is 1.33 bits per heavy atom. The molecule has 18 heavy (non-hydrogen) atoms. The molecule has 0 aromatic carbocycles. The number of hydrogen-bond acceptors (Lipinski definition) is 3. The topological polar surface area (TPSA) is 98.1 Å². The van der Waals surface area contributed by atoms with Gasteiger partial charge in [-0.2, -0.15) is 0 Å². The van der Waals surface area contributed by atoms with Gasteiger partial charge in [-0.3, -0.25) is 4.90 Å². The van der Waals surface area contributed by atoms with Crippen molar-refractivity contribution in [1.82, 2.24) is 4.90 Å². The standard InChI is InChI=1S/C11H16FNO5/c12-7-3-11(8(15)16,13(4-7)9(17)18)5-10(6-14)1-2-10/h7,14H,1-6H2,(H,15,16)(H,17,18)/t7-,11+/m1/s1. The molecule has 2 fully saturated rings. The highest BCUT2D eigenvalue weighted by molar-refractivity contribution is 5.85.